The van der Waals surface area contributed by atoms with E-state index in [1.165, 1.54) is 0 Å². The van der Waals surface area contributed by atoms with Crippen LogP contribution in [0.2, 0.25) is 0 Å². The lowest BCUT2D eigenvalue weighted by molar-refractivity contribution is -0.0361. The fourth-order valence-electron chi connectivity index (χ4n) is 3.74. The summed E-state index contributed by atoms with van der Waals surface area (Å²) in [5.74, 6) is -1.47. The van der Waals surface area contributed by atoms with Crippen LogP contribution in [0.25, 0.3) is 5.82 Å². The molecule has 4 rings (SSSR count). The zero-order valence-corrected chi connectivity index (χ0v) is 17.1. The van der Waals surface area contributed by atoms with Crippen molar-refractivity contribution in [1.29, 1.82) is 0 Å². The molecule has 0 amide bonds. The van der Waals surface area contributed by atoms with E-state index in [9.17, 15) is 13.9 Å². The monoisotopic (exact) mass is 419 g/mol. The maximum atomic E-state index is 13.5. The molecule has 8 nitrogen and oxygen atoms in total. The van der Waals surface area contributed by atoms with E-state index < -0.39 is 12.0 Å². The second kappa shape index (κ2) is 8.19. The Balaban J connectivity index is 1.57. The molecule has 1 fully saturated rings. The first-order valence-electron chi connectivity index (χ1n) is 10.1. The van der Waals surface area contributed by atoms with E-state index in [-0.39, 0.29) is 18.9 Å². The lowest BCUT2D eigenvalue weighted by Crippen LogP contribution is -2.33. The van der Waals surface area contributed by atoms with Crippen molar-refractivity contribution in [2.24, 2.45) is 0 Å². The minimum absolute atomic E-state index is 0.0752. The molecule has 2 aromatic heterocycles. The Bertz CT molecular complexity index is 920. The number of alkyl halides is 2. The Morgan fingerprint density at radius 2 is 2.10 bits per heavy atom. The summed E-state index contributed by atoms with van der Waals surface area (Å²) in [5, 5.41) is 20.3. The first-order chi connectivity index (χ1) is 14.3. The van der Waals surface area contributed by atoms with Crippen LogP contribution in [-0.2, 0) is 0 Å². The highest BCUT2D eigenvalue weighted by Crippen LogP contribution is 2.34. The van der Waals surface area contributed by atoms with Crippen LogP contribution in [0.4, 0.5) is 14.6 Å². The summed E-state index contributed by atoms with van der Waals surface area (Å²) in [6.45, 7) is 1.89. The van der Waals surface area contributed by atoms with Crippen LogP contribution in [-0.4, -0.2) is 43.9 Å². The Morgan fingerprint density at radius 3 is 2.73 bits per heavy atom. The molecule has 4 N–H and O–H groups in total. The molecule has 1 aliphatic carbocycles. The Labute approximate surface area is 173 Å². The topological polar surface area (TPSA) is 90.3 Å². The minimum atomic E-state index is -2.58. The van der Waals surface area contributed by atoms with Crippen LogP contribution in [0.5, 0.6) is 0 Å². The Hall–Kier alpha value is -2.72. The average Bonchev–Trinajstić information content (AvgIpc) is 3.31. The van der Waals surface area contributed by atoms with Crippen molar-refractivity contribution in [3.05, 3.63) is 47.6 Å². The molecule has 1 unspecified atom stereocenters. The molecule has 0 spiro atoms. The average molecular weight is 419 g/mol. The van der Waals surface area contributed by atoms with Crippen LogP contribution in [0, 0.1) is 6.92 Å². The fourth-order valence-corrected chi connectivity index (χ4v) is 3.74. The predicted molar refractivity (Wildman–Crippen MR) is 109 cm³/mol. The first-order valence-corrected chi connectivity index (χ1v) is 10.1. The number of halogens is 2. The second-order valence-electron chi connectivity index (χ2n) is 8.04. The van der Waals surface area contributed by atoms with E-state index in [2.05, 4.69) is 26.4 Å². The van der Waals surface area contributed by atoms with Gasteiger partial charge < -0.3 is 15.8 Å². The SMILES string of the molecule is Cc1ccn(-c2cc(C(O)CC3=CN(C)NN3)cc(NC3CCC(F)(F)CC3)n2)n1. The van der Waals surface area contributed by atoms with Gasteiger partial charge in [-0.3, -0.25) is 5.01 Å². The second-order valence-corrected chi connectivity index (χ2v) is 8.04. The Kier molecular flexibility index (Phi) is 5.61. The van der Waals surface area contributed by atoms with Gasteiger partial charge in [0, 0.05) is 50.4 Å². The van der Waals surface area contributed by atoms with Crippen molar-refractivity contribution in [1.82, 2.24) is 30.7 Å². The third-order valence-corrected chi connectivity index (χ3v) is 5.40. The summed E-state index contributed by atoms with van der Waals surface area (Å²) in [4.78, 5) is 4.61. The third kappa shape index (κ3) is 4.88. The van der Waals surface area contributed by atoms with Crippen molar-refractivity contribution in [3.63, 3.8) is 0 Å². The number of nitrogens with one attached hydrogen (secondary N) is 3. The highest BCUT2D eigenvalue weighted by atomic mass is 19.3. The van der Waals surface area contributed by atoms with Gasteiger partial charge in [-0.25, -0.2) is 18.4 Å². The van der Waals surface area contributed by atoms with Crippen molar-refractivity contribution in [2.75, 3.05) is 12.4 Å². The fraction of sp³-hybridized carbons (Fsp3) is 0.500. The number of aliphatic hydroxyl groups excluding tert-OH is 1. The normalized spacial score (nSPS) is 20.0. The van der Waals surface area contributed by atoms with Crippen molar-refractivity contribution in [2.45, 2.75) is 57.1 Å². The van der Waals surface area contributed by atoms with Gasteiger partial charge in [0.25, 0.3) is 0 Å². The summed E-state index contributed by atoms with van der Waals surface area (Å²) in [6, 6.07) is 5.37. The molecular formula is C20H27F2N7O. The number of aromatic nitrogens is 3. The lowest BCUT2D eigenvalue weighted by atomic mass is 9.92. The Morgan fingerprint density at radius 1 is 1.33 bits per heavy atom. The summed E-state index contributed by atoms with van der Waals surface area (Å²) < 4.78 is 28.6. The summed E-state index contributed by atoms with van der Waals surface area (Å²) in [6.07, 6.45) is 3.79. The molecule has 0 bridgehead atoms. The molecule has 1 saturated carbocycles. The van der Waals surface area contributed by atoms with Gasteiger partial charge in [0.05, 0.1) is 11.8 Å². The number of hydrogen-bond acceptors (Lipinski definition) is 7. The van der Waals surface area contributed by atoms with Gasteiger partial charge in [-0.2, -0.15) is 5.10 Å². The molecule has 0 saturated heterocycles. The summed E-state index contributed by atoms with van der Waals surface area (Å²) >= 11 is 0. The number of aryl methyl sites for hydroxylation is 1. The van der Waals surface area contributed by atoms with E-state index in [1.54, 1.807) is 28.0 Å². The molecule has 30 heavy (non-hydrogen) atoms. The van der Waals surface area contributed by atoms with Crippen molar-refractivity contribution >= 4 is 5.82 Å². The number of pyridine rings is 1. The van der Waals surface area contributed by atoms with Gasteiger partial charge in [0.15, 0.2) is 5.82 Å². The first kappa shape index (κ1) is 20.5. The van der Waals surface area contributed by atoms with E-state index in [0.29, 0.717) is 36.5 Å². The van der Waals surface area contributed by atoms with Crippen LogP contribution >= 0.6 is 0 Å². The van der Waals surface area contributed by atoms with Gasteiger partial charge in [0.1, 0.15) is 5.82 Å². The minimum Gasteiger partial charge on any atom is -0.388 e. The van der Waals surface area contributed by atoms with Gasteiger partial charge in [-0.15, -0.1) is 5.53 Å². The van der Waals surface area contributed by atoms with Crippen LogP contribution < -0.4 is 16.3 Å². The number of aliphatic hydroxyl groups is 1. The smallest absolute Gasteiger partial charge is 0.248 e. The lowest BCUT2D eigenvalue weighted by Gasteiger charge is -2.29. The van der Waals surface area contributed by atoms with Crippen molar-refractivity contribution in [3.8, 4) is 5.82 Å². The van der Waals surface area contributed by atoms with Crippen LogP contribution in [0.1, 0.15) is 49.5 Å². The number of anilines is 1. The van der Waals surface area contributed by atoms with E-state index in [4.69, 9.17) is 0 Å². The molecule has 3 heterocycles. The molecule has 162 valence electrons. The maximum Gasteiger partial charge on any atom is 0.248 e. The van der Waals surface area contributed by atoms with Gasteiger partial charge in [-0.1, -0.05) is 0 Å². The molecule has 2 aliphatic rings. The molecule has 2 aromatic rings. The molecule has 10 heteroatoms. The van der Waals surface area contributed by atoms with Gasteiger partial charge in [0.2, 0.25) is 5.92 Å². The number of hydrogen-bond donors (Lipinski definition) is 4. The third-order valence-electron chi connectivity index (χ3n) is 5.40. The number of hydrazine groups is 2. The molecular weight excluding hydrogens is 392 g/mol. The highest BCUT2D eigenvalue weighted by Gasteiger charge is 2.35. The number of nitrogens with zero attached hydrogens (tertiary/aromatic N) is 4. The summed E-state index contributed by atoms with van der Waals surface area (Å²) in [7, 11) is 1.85. The van der Waals surface area contributed by atoms with Crippen LogP contribution in [0.3, 0.4) is 0 Å². The standard InChI is InChI=1S/C20H27F2N7O/c1-13-5-8-29(26-13)19-10-14(17(30)11-16-12-28(2)27-25-16)9-18(24-19)23-15-3-6-20(21,22)7-4-15/h5,8-10,12,15,17,25,27,30H,3-4,6-7,11H2,1-2H3,(H,23,24). The van der Waals surface area contributed by atoms with Crippen LogP contribution in [0.15, 0.2) is 36.3 Å². The van der Waals surface area contributed by atoms with E-state index in [1.807, 2.05) is 26.2 Å². The van der Waals surface area contributed by atoms with Gasteiger partial charge in [-0.05, 0) is 43.5 Å². The maximum absolute atomic E-state index is 13.5. The number of rotatable bonds is 6. The van der Waals surface area contributed by atoms with Gasteiger partial charge >= 0.3 is 0 Å². The van der Waals surface area contributed by atoms with E-state index >= 15 is 0 Å². The largest absolute Gasteiger partial charge is 0.388 e. The highest BCUT2D eigenvalue weighted by molar-refractivity contribution is 5.45. The quantitative estimate of drug-likeness (QED) is 0.572. The van der Waals surface area contributed by atoms with Crippen molar-refractivity contribution < 1.29 is 13.9 Å². The molecule has 1 atom stereocenters. The molecule has 1 aliphatic heterocycles. The zero-order valence-electron chi connectivity index (χ0n) is 17.1. The molecule has 0 radical (unpaired) electrons. The summed E-state index contributed by atoms with van der Waals surface area (Å²) in [5.41, 5.74) is 8.29. The molecule has 0 aromatic carbocycles. The predicted octanol–water partition coefficient (Wildman–Crippen LogP) is 2.79. The zero-order chi connectivity index (χ0) is 21.3. The van der Waals surface area contributed by atoms with E-state index in [0.717, 1.165) is 11.4 Å².